The number of hydrogen-bond donors (Lipinski definition) is 0. The van der Waals surface area contributed by atoms with Gasteiger partial charge in [-0.05, 0) is 50.2 Å². The second-order valence-electron chi connectivity index (χ2n) is 5.24. The number of carbonyl (C=O) groups is 1. The highest BCUT2D eigenvalue weighted by molar-refractivity contribution is 5.74. The van der Waals surface area contributed by atoms with Crippen LogP contribution < -0.4 is 14.2 Å². The molecule has 1 atom stereocenters. The molecule has 0 saturated heterocycles. The third-order valence-electron chi connectivity index (χ3n) is 3.42. The number of methoxy groups -OCH3 is 2. The van der Waals surface area contributed by atoms with Crippen molar-refractivity contribution in [3.8, 4) is 17.2 Å². The molecule has 0 heterocycles. The van der Waals surface area contributed by atoms with Crippen molar-refractivity contribution >= 4 is 17.3 Å². The van der Waals surface area contributed by atoms with Gasteiger partial charge in [0.2, 0.25) is 0 Å². The van der Waals surface area contributed by atoms with Crippen molar-refractivity contribution in [2.75, 3.05) is 20.8 Å². The molecule has 138 valence electrons. The van der Waals surface area contributed by atoms with Crippen LogP contribution in [0.3, 0.4) is 0 Å². The van der Waals surface area contributed by atoms with Crippen molar-refractivity contribution in [3.05, 3.63) is 42.5 Å². The zero-order chi connectivity index (χ0) is 18.9. The molecule has 0 aliphatic rings. The van der Waals surface area contributed by atoms with Gasteiger partial charge >= 0.3 is 5.97 Å². The Morgan fingerprint density at radius 3 is 2.35 bits per heavy atom. The van der Waals surface area contributed by atoms with Gasteiger partial charge in [0.1, 0.15) is 22.9 Å². The smallest absolute Gasteiger partial charge is 0.346 e. The fourth-order valence-electron chi connectivity index (χ4n) is 2.10. The average molecular weight is 358 g/mol. The monoisotopic (exact) mass is 358 g/mol. The zero-order valence-corrected chi connectivity index (χ0v) is 15.3. The molecule has 7 heteroatoms. The van der Waals surface area contributed by atoms with Crippen LogP contribution in [0.2, 0.25) is 0 Å². The summed E-state index contributed by atoms with van der Waals surface area (Å²) in [5.41, 5.74) is 1.17. The quantitative estimate of drug-likeness (QED) is 0.514. The summed E-state index contributed by atoms with van der Waals surface area (Å²) in [6, 6.07) is 12.3. The van der Waals surface area contributed by atoms with Crippen LogP contribution >= 0.6 is 0 Å². The molecule has 26 heavy (non-hydrogen) atoms. The summed E-state index contributed by atoms with van der Waals surface area (Å²) in [6.07, 6.45) is -0.732. The van der Waals surface area contributed by atoms with Crippen molar-refractivity contribution < 1.29 is 23.7 Å². The fourth-order valence-corrected chi connectivity index (χ4v) is 2.10. The Hall–Kier alpha value is -3.09. The van der Waals surface area contributed by atoms with E-state index in [0.717, 1.165) is 5.75 Å². The molecule has 2 aromatic rings. The Morgan fingerprint density at radius 1 is 1.04 bits per heavy atom. The molecule has 0 spiro atoms. The Balaban J connectivity index is 2.23. The Bertz CT molecular complexity index is 759. The van der Waals surface area contributed by atoms with Gasteiger partial charge in [-0.25, -0.2) is 4.79 Å². The lowest BCUT2D eigenvalue weighted by atomic mass is 10.2. The molecular formula is C19H22N2O5. The summed E-state index contributed by atoms with van der Waals surface area (Å²) in [4.78, 5) is 11.5. The maximum Gasteiger partial charge on any atom is 0.346 e. The van der Waals surface area contributed by atoms with Gasteiger partial charge in [0.25, 0.3) is 0 Å². The first-order valence-corrected chi connectivity index (χ1v) is 8.14. The molecule has 1 unspecified atom stereocenters. The number of esters is 1. The zero-order valence-electron chi connectivity index (χ0n) is 15.3. The van der Waals surface area contributed by atoms with E-state index in [1.54, 1.807) is 56.5 Å². The summed E-state index contributed by atoms with van der Waals surface area (Å²) >= 11 is 0. The molecule has 0 amide bonds. The van der Waals surface area contributed by atoms with Crippen LogP contribution in [0.1, 0.15) is 13.8 Å². The molecule has 0 N–H and O–H groups in total. The lowest BCUT2D eigenvalue weighted by Crippen LogP contribution is -2.24. The van der Waals surface area contributed by atoms with Gasteiger partial charge in [0.05, 0.1) is 26.5 Å². The topological polar surface area (TPSA) is 78.7 Å². The summed E-state index contributed by atoms with van der Waals surface area (Å²) < 4.78 is 20.9. The largest absolute Gasteiger partial charge is 0.497 e. The molecule has 0 fully saturated rings. The number of ether oxygens (including phenoxy) is 4. The maximum absolute atomic E-state index is 11.5. The van der Waals surface area contributed by atoms with Crippen LogP contribution in [0.15, 0.2) is 52.7 Å². The molecular weight excluding hydrogens is 336 g/mol. The lowest BCUT2D eigenvalue weighted by molar-refractivity contribution is -0.147. The number of benzene rings is 2. The van der Waals surface area contributed by atoms with E-state index >= 15 is 0 Å². The van der Waals surface area contributed by atoms with Crippen molar-refractivity contribution in [1.82, 2.24) is 0 Å². The first-order chi connectivity index (χ1) is 12.6. The third kappa shape index (κ3) is 5.20. The van der Waals surface area contributed by atoms with Gasteiger partial charge in [-0.1, -0.05) is 0 Å². The predicted octanol–water partition coefficient (Wildman–Crippen LogP) is 4.45. The van der Waals surface area contributed by atoms with E-state index in [1.165, 1.54) is 7.11 Å². The van der Waals surface area contributed by atoms with Crippen LogP contribution in [0.4, 0.5) is 11.4 Å². The third-order valence-corrected chi connectivity index (χ3v) is 3.42. The van der Waals surface area contributed by atoms with Crippen molar-refractivity contribution in [3.63, 3.8) is 0 Å². The number of azo groups is 1. The molecule has 0 aliphatic heterocycles. The summed E-state index contributed by atoms with van der Waals surface area (Å²) in [5.74, 6) is 1.32. The Morgan fingerprint density at radius 2 is 1.73 bits per heavy atom. The van der Waals surface area contributed by atoms with Crippen molar-refractivity contribution in [2.24, 2.45) is 10.2 Å². The van der Waals surface area contributed by atoms with Crippen LogP contribution in [0.25, 0.3) is 0 Å². The highest BCUT2D eigenvalue weighted by atomic mass is 16.6. The van der Waals surface area contributed by atoms with E-state index in [4.69, 9.17) is 14.2 Å². The lowest BCUT2D eigenvalue weighted by Gasteiger charge is -2.14. The van der Waals surface area contributed by atoms with Gasteiger partial charge in [0.15, 0.2) is 6.10 Å². The van der Waals surface area contributed by atoms with E-state index in [-0.39, 0.29) is 0 Å². The molecule has 0 radical (unpaired) electrons. The molecule has 0 saturated carbocycles. The highest BCUT2D eigenvalue weighted by Gasteiger charge is 2.16. The van der Waals surface area contributed by atoms with Crippen LogP contribution in [0.5, 0.6) is 17.2 Å². The van der Waals surface area contributed by atoms with E-state index in [2.05, 4.69) is 15.0 Å². The average Bonchev–Trinajstić information content (AvgIpc) is 2.67. The summed E-state index contributed by atoms with van der Waals surface area (Å²) in [7, 11) is 2.92. The van der Waals surface area contributed by atoms with Crippen LogP contribution in [-0.4, -0.2) is 32.9 Å². The molecule has 2 aromatic carbocycles. The normalized spacial score (nSPS) is 11.8. The van der Waals surface area contributed by atoms with Gasteiger partial charge < -0.3 is 18.9 Å². The molecule has 0 aliphatic carbocycles. The van der Waals surface area contributed by atoms with Gasteiger partial charge in [-0.15, -0.1) is 5.11 Å². The minimum atomic E-state index is -0.732. The van der Waals surface area contributed by atoms with E-state index in [9.17, 15) is 4.79 Å². The second kappa shape index (κ2) is 9.41. The molecule has 2 rings (SSSR count). The van der Waals surface area contributed by atoms with Crippen molar-refractivity contribution in [2.45, 2.75) is 20.0 Å². The summed E-state index contributed by atoms with van der Waals surface area (Å²) in [6.45, 7) is 3.98. The van der Waals surface area contributed by atoms with E-state index in [0.29, 0.717) is 29.5 Å². The first-order valence-electron chi connectivity index (χ1n) is 8.14. The summed E-state index contributed by atoms with van der Waals surface area (Å²) in [5, 5.41) is 8.46. The second-order valence-corrected chi connectivity index (χ2v) is 5.24. The Kier molecular flexibility index (Phi) is 6.96. The Labute approximate surface area is 152 Å². The number of hydrogen-bond acceptors (Lipinski definition) is 7. The standard InChI is InChI=1S/C19H22N2O5/c1-5-25-18-11-10-16(26-13(2)19(22)24-4)12-17(18)21-20-14-6-8-15(23-3)9-7-14/h6-13H,5H2,1-4H3. The van der Waals surface area contributed by atoms with Gasteiger partial charge in [0, 0.05) is 6.07 Å². The van der Waals surface area contributed by atoms with Crippen molar-refractivity contribution in [1.29, 1.82) is 0 Å². The molecule has 7 nitrogen and oxygen atoms in total. The first kappa shape index (κ1) is 19.2. The minimum Gasteiger partial charge on any atom is -0.497 e. The fraction of sp³-hybridized carbons (Fsp3) is 0.316. The SMILES string of the molecule is CCOc1ccc(OC(C)C(=O)OC)cc1N=Nc1ccc(OC)cc1. The minimum absolute atomic E-state index is 0.458. The highest BCUT2D eigenvalue weighted by Crippen LogP contribution is 2.33. The maximum atomic E-state index is 11.5. The number of nitrogens with zero attached hydrogens (tertiary/aromatic N) is 2. The molecule has 0 bridgehead atoms. The van der Waals surface area contributed by atoms with E-state index < -0.39 is 12.1 Å². The van der Waals surface area contributed by atoms with Gasteiger partial charge in [-0.3, -0.25) is 0 Å². The van der Waals surface area contributed by atoms with E-state index in [1.807, 2.05) is 6.92 Å². The predicted molar refractivity (Wildman–Crippen MR) is 96.9 cm³/mol. The number of rotatable bonds is 8. The van der Waals surface area contributed by atoms with Crippen LogP contribution in [-0.2, 0) is 9.53 Å². The van der Waals surface area contributed by atoms with Crippen LogP contribution in [0, 0.1) is 0 Å². The number of carbonyl (C=O) groups excluding carboxylic acids is 1. The molecule has 0 aromatic heterocycles. The van der Waals surface area contributed by atoms with Gasteiger partial charge in [-0.2, -0.15) is 5.11 Å².